The summed E-state index contributed by atoms with van der Waals surface area (Å²) in [6.07, 6.45) is 2.23. The van der Waals surface area contributed by atoms with E-state index in [9.17, 15) is 0 Å². The van der Waals surface area contributed by atoms with Crippen LogP contribution in [0.25, 0.3) is 22.4 Å². The Morgan fingerprint density at radius 2 is 2.14 bits per heavy atom. The first-order chi connectivity index (χ1) is 10.3. The van der Waals surface area contributed by atoms with Crippen molar-refractivity contribution in [1.29, 1.82) is 0 Å². The molecule has 0 spiro atoms. The number of hydrogen-bond donors (Lipinski definition) is 1. The number of fused-ring (bicyclic) bond motifs is 1. The molecule has 21 heavy (non-hydrogen) atoms. The van der Waals surface area contributed by atoms with Gasteiger partial charge in [-0.15, -0.1) is 0 Å². The van der Waals surface area contributed by atoms with Crippen LogP contribution in [-0.4, -0.2) is 25.5 Å². The summed E-state index contributed by atoms with van der Waals surface area (Å²) in [5.41, 5.74) is 2.49. The van der Waals surface area contributed by atoms with Crippen LogP contribution in [0.4, 0.5) is 0 Å². The second-order valence-electron chi connectivity index (χ2n) is 4.76. The lowest BCUT2D eigenvalue weighted by Crippen LogP contribution is -1.90. The molecule has 0 atom stereocenters. The Morgan fingerprint density at radius 1 is 1.19 bits per heavy atom. The van der Waals surface area contributed by atoms with Crippen LogP contribution >= 0.6 is 0 Å². The van der Waals surface area contributed by atoms with Gasteiger partial charge in [0.05, 0.1) is 29.4 Å². The summed E-state index contributed by atoms with van der Waals surface area (Å²) >= 11 is 0. The summed E-state index contributed by atoms with van der Waals surface area (Å²) in [6.45, 7) is 1.84. The highest BCUT2D eigenvalue weighted by Gasteiger charge is 2.14. The summed E-state index contributed by atoms with van der Waals surface area (Å²) in [7, 11) is 0. The summed E-state index contributed by atoms with van der Waals surface area (Å²) < 4.78 is 10.4. The quantitative estimate of drug-likeness (QED) is 0.620. The van der Waals surface area contributed by atoms with Gasteiger partial charge in [0, 0.05) is 11.5 Å². The highest BCUT2D eigenvalue weighted by molar-refractivity contribution is 5.90. The molecule has 104 valence electrons. The molecule has 4 rings (SSSR count). The predicted molar refractivity (Wildman–Crippen MR) is 73.4 cm³/mol. The third kappa shape index (κ3) is 2.08. The SMILES string of the molecule is Cc1cc(Cc2noc(-c3cccc4cn[nH]c34)n2)no1. The molecular formula is C14H11N5O2. The zero-order chi connectivity index (χ0) is 14.2. The average molecular weight is 281 g/mol. The van der Waals surface area contributed by atoms with Crippen molar-refractivity contribution in [2.24, 2.45) is 0 Å². The number of benzene rings is 1. The molecule has 7 nitrogen and oxygen atoms in total. The van der Waals surface area contributed by atoms with E-state index in [0.29, 0.717) is 18.1 Å². The van der Waals surface area contributed by atoms with E-state index in [1.807, 2.05) is 31.2 Å². The number of para-hydroxylation sites is 1. The number of nitrogens with one attached hydrogen (secondary N) is 1. The van der Waals surface area contributed by atoms with Crippen LogP contribution in [-0.2, 0) is 6.42 Å². The van der Waals surface area contributed by atoms with E-state index in [2.05, 4.69) is 25.5 Å². The van der Waals surface area contributed by atoms with Crippen LogP contribution in [0, 0.1) is 6.92 Å². The van der Waals surface area contributed by atoms with Gasteiger partial charge in [-0.2, -0.15) is 10.1 Å². The van der Waals surface area contributed by atoms with Crippen molar-refractivity contribution in [2.75, 3.05) is 0 Å². The zero-order valence-electron chi connectivity index (χ0n) is 11.2. The van der Waals surface area contributed by atoms with Gasteiger partial charge in [0.15, 0.2) is 5.82 Å². The van der Waals surface area contributed by atoms with Crippen LogP contribution in [0.2, 0.25) is 0 Å². The van der Waals surface area contributed by atoms with Crippen LogP contribution < -0.4 is 0 Å². The van der Waals surface area contributed by atoms with E-state index >= 15 is 0 Å². The summed E-state index contributed by atoms with van der Waals surface area (Å²) in [5, 5.41) is 15.9. The summed E-state index contributed by atoms with van der Waals surface area (Å²) in [4.78, 5) is 4.41. The molecule has 4 aromatic rings. The Hall–Kier alpha value is -2.96. The van der Waals surface area contributed by atoms with Crippen LogP contribution in [0.15, 0.2) is 39.5 Å². The monoisotopic (exact) mass is 281 g/mol. The molecule has 0 unspecified atom stereocenters. The number of rotatable bonds is 3. The van der Waals surface area contributed by atoms with Crippen molar-refractivity contribution < 1.29 is 9.05 Å². The van der Waals surface area contributed by atoms with E-state index in [1.165, 1.54) is 0 Å². The molecule has 3 heterocycles. The Bertz CT molecular complexity index is 905. The lowest BCUT2D eigenvalue weighted by atomic mass is 10.1. The maximum atomic E-state index is 5.34. The molecule has 1 aromatic carbocycles. The zero-order valence-corrected chi connectivity index (χ0v) is 11.2. The number of aryl methyl sites for hydroxylation is 1. The molecule has 1 N–H and O–H groups in total. The van der Waals surface area contributed by atoms with Crippen LogP contribution in [0.1, 0.15) is 17.3 Å². The molecule has 0 fully saturated rings. The smallest absolute Gasteiger partial charge is 0.260 e. The Balaban J connectivity index is 1.69. The first kappa shape index (κ1) is 11.8. The molecule has 0 bridgehead atoms. The van der Waals surface area contributed by atoms with Crippen molar-refractivity contribution in [3.05, 3.63) is 47.7 Å². The number of aromatic amines is 1. The standard InChI is InChI=1S/C14H11N5O2/c1-8-5-10(18-20-8)6-12-16-14(21-19-12)11-4-2-3-9-7-15-17-13(9)11/h2-5,7H,6H2,1H3,(H,15,17). The Labute approximate surface area is 119 Å². The maximum absolute atomic E-state index is 5.34. The summed E-state index contributed by atoms with van der Waals surface area (Å²) in [5.74, 6) is 1.78. The van der Waals surface area contributed by atoms with E-state index in [4.69, 9.17) is 9.05 Å². The first-order valence-electron chi connectivity index (χ1n) is 6.47. The molecule has 0 saturated carbocycles. The second kappa shape index (κ2) is 4.55. The molecule has 0 saturated heterocycles. The molecule has 0 aliphatic heterocycles. The molecule has 0 amide bonds. The van der Waals surface area contributed by atoms with Gasteiger partial charge >= 0.3 is 0 Å². The van der Waals surface area contributed by atoms with E-state index in [-0.39, 0.29) is 0 Å². The maximum Gasteiger partial charge on any atom is 0.260 e. The summed E-state index contributed by atoms with van der Waals surface area (Å²) in [6, 6.07) is 7.67. The largest absolute Gasteiger partial charge is 0.361 e. The van der Waals surface area contributed by atoms with Crippen LogP contribution in [0.3, 0.4) is 0 Å². The lowest BCUT2D eigenvalue weighted by molar-refractivity contribution is 0.390. The molecule has 0 radical (unpaired) electrons. The van der Waals surface area contributed by atoms with E-state index in [1.54, 1.807) is 6.20 Å². The minimum absolute atomic E-state index is 0.458. The number of aromatic nitrogens is 5. The first-order valence-corrected chi connectivity index (χ1v) is 6.47. The molecule has 0 aliphatic carbocycles. The van der Waals surface area contributed by atoms with Gasteiger partial charge in [-0.3, -0.25) is 5.10 Å². The predicted octanol–water partition coefficient (Wildman–Crippen LogP) is 2.50. The van der Waals surface area contributed by atoms with Crippen molar-refractivity contribution >= 4 is 10.9 Å². The van der Waals surface area contributed by atoms with Crippen molar-refractivity contribution in [3.63, 3.8) is 0 Å². The van der Waals surface area contributed by atoms with Crippen LogP contribution in [0.5, 0.6) is 0 Å². The molecule has 0 aliphatic rings. The number of hydrogen-bond acceptors (Lipinski definition) is 6. The van der Waals surface area contributed by atoms with Gasteiger partial charge in [0.25, 0.3) is 5.89 Å². The van der Waals surface area contributed by atoms with Gasteiger partial charge in [-0.05, 0) is 13.0 Å². The van der Waals surface area contributed by atoms with Gasteiger partial charge < -0.3 is 9.05 Å². The second-order valence-corrected chi connectivity index (χ2v) is 4.76. The van der Waals surface area contributed by atoms with E-state index < -0.39 is 0 Å². The fourth-order valence-electron chi connectivity index (χ4n) is 2.25. The third-order valence-electron chi connectivity index (χ3n) is 3.19. The average Bonchev–Trinajstić information content (AvgIpc) is 3.19. The number of nitrogens with zero attached hydrogens (tertiary/aromatic N) is 4. The minimum atomic E-state index is 0.458. The van der Waals surface area contributed by atoms with Gasteiger partial charge in [-0.1, -0.05) is 22.4 Å². The van der Waals surface area contributed by atoms with Gasteiger partial charge in [0.2, 0.25) is 0 Å². The normalized spacial score (nSPS) is 11.3. The van der Waals surface area contributed by atoms with E-state index in [0.717, 1.165) is 27.9 Å². The molecule has 7 heteroatoms. The third-order valence-corrected chi connectivity index (χ3v) is 3.19. The highest BCUT2D eigenvalue weighted by Crippen LogP contribution is 2.25. The molecule has 3 aromatic heterocycles. The lowest BCUT2D eigenvalue weighted by Gasteiger charge is -1.95. The topological polar surface area (TPSA) is 93.6 Å². The molecular weight excluding hydrogens is 270 g/mol. The van der Waals surface area contributed by atoms with Crippen molar-refractivity contribution in [1.82, 2.24) is 25.5 Å². The van der Waals surface area contributed by atoms with Crippen molar-refractivity contribution in [3.8, 4) is 11.5 Å². The van der Waals surface area contributed by atoms with Gasteiger partial charge in [-0.25, -0.2) is 0 Å². The van der Waals surface area contributed by atoms with Gasteiger partial charge in [0.1, 0.15) is 5.76 Å². The minimum Gasteiger partial charge on any atom is -0.361 e. The number of H-pyrrole nitrogens is 1. The highest BCUT2D eigenvalue weighted by atomic mass is 16.5. The Morgan fingerprint density at radius 3 is 3.00 bits per heavy atom. The van der Waals surface area contributed by atoms with Crippen molar-refractivity contribution in [2.45, 2.75) is 13.3 Å². The fourth-order valence-corrected chi connectivity index (χ4v) is 2.25. The Kier molecular flexibility index (Phi) is 2.56. The fraction of sp³-hybridized carbons (Fsp3) is 0.143.